The molecular formula is C20H29N3O3. The molecule has 0 aliphatic carbocycles. The van der Waals surface area contributed by atoms with E-state index < -0.39 is 11.9 Å². The standard InChI is InChI=1S/C20H29N3O3/c1-15-11-17(19(24)25)14-23(13-15)20(26)21-12-18(22-9-5-6-10-22)16-7-3-2-4-8-16/h2-4,7-8,15,17-18H,5-6,9-14H2,1H3,(H,21,26)(H,24,25). The number of urea groups is 1. The molecule has 26 heavy (non-hydrogen) atoms. The molecule has 2 aliphatic rings. The van der Waals surface area contributed by atoms with E-state index in [-0.39, 0.29) is 18.0 Å². The monoisotopic (exact) mass is 359 g/mol. The van der Waals surface area contributed by atoms with Crippen LogP contribution in [0.4, 0.5) is 4.79 Å². The van der Waals surface area contributed by atoms with Crippen LogP contribution >= 0.6 is 0 Å². The topological polar surface area (TPSA) is 72.9 Å². The van der Waals surface area contributed by atoms with Crippen LogP contribution in [0.3, 0.4) is 0 Å². The molecule has 2 amide bonds. The number of piperidine rings is 1. The zero-order valence-corrected chi connectivity index (χ0v) is 15.4. The summed E-state index contributed by atoms with van der Waals surface area (Å²) in [7, 11) is 0. The van der Waals surface area contributed by atoms with Crippen molar-refractivity contribution in [3.8, 4) is 0 Å². The number of hydrogen-bond acceptors (Lipinski definition) is 3. The third-order valence-corrected chi connectivity index (χ3v) is 5.51. The van der Waals surface area contributed by atoms with E-state index in [1.54, 1.807) is 4.90 Å². The Hall–Kier alpha value is -2.08. The highest BCUT2D eigenvalue weighted by atomic mass is 16.4. The van der Waals surface area contributed by atoms with Crippen molar-refractivity contribution in [3.63, 3.8) is 0 Å². The lowest BCUT2D eigenvalue weighted by Gasteiger charge is -2.35. The van der Waals surface area contributed by atoms with Crippen LogP contribution in [-0.2, 0) is 4.79 Å². The molecule has 0 bridgehead atoms. The van der Waals surface area contributed by atoms with Gasteiger partial charge in [-0.15, -0.1) is 0 Å². The van der Waals surface area contributed by atoms with Crippen molar-refractivity contribution in [2.45, 2.75) is 32.2 Å². The molecule has 1 aromatic carbocycles. The third-order valence-electron chi connectivity index (χ3n) is 5.51. The van der Waals surface area contributed by atoms with E-state index >= 15 is 0 Å². The molecule has 142 valence electrons. The van der Waals surface area contributed by atoms with E-state index in [1.807, 2.05) is 25.1 Å². The van der Waals surface area contributed by atoms with Crippen LogP contribution < -0.4 is 5.32 Å². The number of carboxylic acids is 1. The quantitative estimate of drug-likeness (QED) is 0.847. The lowest BCUT2D eigenvalue weighted by Crippen LogP contribution is -2.50. The fraction of sp³-hybridized carbons (Fsp3) is 0.600. The van der Waals surface area contributed by atoms with Crippen LogP contribution in [0.1, 0.15) is 37.8 Å². The summed E-state index contributed by atoms with van der Waals surface area (Å²) in [5.74, 6) is -1.07. The second-order valence-corrected chi connectivity index (χ2v) is 7.64. The SMILES string of the molecule is CC1CC(C(=O)O)CN(C(=O)NCC(c2ccccc2)N2CCCC2)C1. The second kappa shape index (κ2) is 8.54. The Labute approximate surface area is 155 Å². The van der Waals surface area contributed by atoms with Gasteiger partial charge < -0.3 is 15.3 Å². The molecule has 2 heterocycles. The molecule has 0 spiro atoms. The van der Waals surface area contributed by atoms with E-state index in [4.69, 9.17) is 0 Å². The molecule has 0 radical (unpaired) electrons. The molecule has 2 N–H and O–H groups in total. The summed E-state index contributed by atoms with van der Waals surface area (Å²) in [6.07, 6.45) is 3.03. The molecule has 3 atom stereocenters. The molecule has 3 rings (SSSR count). The summed E-state index contributed by atoms with van der Waals surface area (Å²) in [5.41, 5.74) is 1.21. The minimum absolute atomic E-state index is 0.150. The first-order chi connectivity index (χ1) is 12.5. The third kappa shape index (κ3) is 4.55. The number of nitrogens with zero attached hydrogens (tertiary/aromatic N) is 2. The van der Waals surface area contributed by atoms with Gasteiger partial charge in [0.2, 0.25) is 0 Å². The lowest BCUT2D eigenvalue weighted by molar-refractivity contribution is -0.143. The maximum Gasteiger partial charge on any atom is 0.317 e. The number of likely N-dealkylation sites (tertiary alicyclic amines) is 2. The summed E-state index contributed by atoms with van der Waals surface area (Å²) in [6, 6.07) is 10.3. The van der Waals surface area contributed by atoms with Crippen LogP contribution in [0.25, 0.3) is 0 Å². The predicted molar refractivity (Wildman–Crippen MR) is 99.9 cm³/mol. The highest BCUT2D eigenvalue weighted by molar-refractivity contribution is 5.76. The Morgan fingerprint density at radius 3 is 2.54 bits per heavy atom. The largest absolute Gasteiger partial charge is 0.481 e. The summed E-state index contributed by atoms with van der Waals surface area (Å²) in [6.45, 7) is 5.58. The average molecular weight is 359 g/mol. The maximum absolute atomic E-state index is 12.7. The number of benzene rings is 1. The lowest BCUT2D eigenvalue weighted by atomic mass is 9.91. The Kier molecular flexibility index (Phi) is 6.14. The van der Waals surface area contributed by atoms with E-state index in [1.165, 1.54) is 18.4 Å². The first-order valence-electron chi connectivity index (χ1n) is 9.59. The number of aliphatic carboxylic acids is 1. The normalized spacial score (nSPS) is 25.0. The molecule has 0 saturated carbocycles. The van der Waals surface area contributed by atoms with E-state index in [2.05, 4.69) is 22.3 Å². The molecular weight excluding hydrogens is 330 g/mol. The number of amides is 2. The van der Waals surface area contributed by atoms with Crippen LogP contribution in [0.15, 0.2) is 30.3 Å². The number of carboxylic acid groups (broad SMARTS) is 1. The molecule has 2 fully saturated rings. The first-order valence-corrected chi connectivity index (χ1v) is 9.59. The maximum atomic E-state index is 12.7. The fourth-order valence-corrected chi connectivity index (χ4v) is 4.18. The Morgan fingerprint density at radius 2 is 1.88 bits per heavy atom. The van der Waals surface area contributed by atoms with E-state index in [9.17, 15) is 14.7 Å². The van der Waals surface area contributed by atoms with Gasteiger partial charge in [0.1, 0.15) is 0 Å². The van der Waals surface area contributed by atoms with Crippen molar-refractivity contribution >= 4 is 12.0 Å². The van der Waals surface area contributed by atoms with Crippen molar-refractivity contribution in [1.82, 2.24) is 15.1 Å². The second-order valence-electron chi connectivity index (χ2n) is 7.64. The van der Waals surface area contributed by atoms with Crippen LogP contribution in [0, 0.1) is 11.8 Å². The van der Waals surface area contributed by atoms with Gasteiger partial charge in [-0.05, 0) is 43.8 Å². The number of nitrogens with one attached hydrogen (secondary N) is 1. The van der Waals surface area contributed by atoms with Crippen LogP contribution in [0.5, 0.6) is 0 Å². The molecule has 2 saturated heterocycles. The highest BCUT2D eigenvalue weighted by Crippen LogP contribution is 2.25. The van der Waals surface area contributed by atoms with Crippen LogP contribution in [0.2, 0.25) is 0 Å². The van der Waals surface area contributed by atoms with Gasteiger partial charge in [0.05, 0.1) is 12.0 Å². The fourth-order valence-electron chi connectivity index (χ4n) is 4.18. The Balaban J connectivity index is 1.63. The molecule has 1 aromatic rings. The summed E-state index contributed by atoms with van der Waals surface area (Å²) >= 11 is 0. The predicted octanol–water partition coefficient (Wildman–Crippen LogP) is 2.58. The number of hydrogen-bond donors (Lipinski definition) is 2. The number of carbonyl (C=O) groups excluding carboxylic acids is 1. The molecule has 6 nitrogen and oxygen atoms in total. The minimum Gasteiger partial charge on any atom is -0.481 e. The van der Waals surface area contributed by atoms with Crippen molar-refractivity contribution in [2.24, 2.45) is 11.8 Å². The summed E-state index contributed by atoms with van der Waals surface area (Å²) in [4.78, 5) is 28.1. The Morgan fingerprint density at radius 1 is 1.19 bits per heavy atom. The zero-order valence-electron chi connectivity index (χ0n) is 15.4. The number of rotatable bonds is 5. The first kappa shape index (κ1) is 18.7. The van der Waals surface area contributed by atoms with Gasteiger partial charge in [-0.1, -0.05) is 37.3 Å². The minimum atomic E-state index is -0.812. The van der Waals surface area contributed by atoms with E-state index in [0.717, 1.165) is 13.1 Å². The van der Waals surface area contributed by atoms with Crippen molar-refractivity contribution < 1.29 is 14.7 Å². The van der Waals surface area contributed by atoms with Crippen LogP contribution in [-0.4, -0.2) is 59.6 Å². The molecule has 0 aromatic heterocycles. The summed E-state index contributed by atoms with van der Waals surface area (Å²) in [5, 5.41) is 12.4. The van der Waals surface area contributed by atoms with Gasteiger partial charge in [-0.2, -0.15) is 0 Å². The average Bonchev–Trinajstić information content (AvgIpc) is 3.16. The molecule has 2 aliphatic heterocycles. The van der Waals surface area contributed by atoms with Gasteiger partial charge in [-0.3, -0.25) is 9.69 Å². The van der Waals surface area contributed by atoms with Gasteiger partial charge in [-0.25, -0.2) is 4.79 Å². The van der Waals surface area contributed by atoms with E-state index in [0.29, 0.717) is 26.1 Å². The van der Waals surface area contributed by atoms with Crippen molar-refractivity contribution in [3.05, 3.63) is 35.9 Å². The smallest absolute Gasteiger partial charge is 0.317 e. The van der Waals surface area contributed by atoms with Gasteiger partial charge in [0, 0.05) is 19.6 Å². The van der Waals surface area contributed by atoms with Gasteiger partial charge in [0.25, 0.3) is 0 Å². The summed E-state index contributed by atoms with van der Waals surface area (Å²) < 4.78 is 0. The number of carbonyl (C=O) groups is 2. The molecule has 3 unspecified atom stereocenters. The Bertz CT molecular complexity index is 616. The highest BCUT2D eigenvalue weighted by Gasteiger charge is 2.32. The van der Waals surface area contributed by atoms with Gasteiger partial charge >= 0.3 is 12.0 Å². The zero-order chi connectivity index (χ0) is 18.5. The van der Waals surface area contributed by atoms with Gasteiger partial charge in [0.15, 0.2) is 0 Å². The van der Waals surface area contributed by atoms with Crippen molar-refractivity contribution in [1.29, 1.82) is 0 Å². The molecule has 6 heteroatoms. The van der Waals surface area contributed by atoms with Crippen molar-refractivity contribution in [2.75, 3.05) is 32.7 Å².